The van der Waals surface area contributed by atoms with Gasteiger partial charge in [0.2, 0.25) is 5.76 Å². The molecule has 1 aliphatic rings. The van der Waals surface area contributed by atoms with Crippen molar-refractivity contribution in [3.63, 3.8) is 0 Å². The van der Waals surface area contributed by atoms with Crippen molar-refractivity contribution in [3.05, 3.63) is 23.7 Å². The maximum Gasteiger partial charge on any atom is 0.371 e. The number of hydrogen-bond acceptors (Lipinski definition) is 4. The van der Waals surface area contributed by atoms with Gasteiger partial charge in [-0.15, -0.1) is 0 Å². The maximum atomic E-state index is 10.7. The van der Waals surface area contributed by atoms with Crippen molar-refractivity contribution in [2.75, 3.05) is 6.26 Å². The fourth-order valence-electron chi connectivity index (χ4n) is 2.44. The van der Waals surface area contributed by atoms with E-state index in [0.717, 1.165) is 5.25 Å². The second-order valence-corrected chi connectivity index (χ2v) is 5.90. The first-order chi connectivity index (χ1) is 8.60. The van der Waals surface area contributed by atoms with Crippen LogP contribution >= 0.6 is 11.8 Å². The van der Waals surface area contributed by atoms with Crippen LogP contribution in [0.15, 0.2) is 16.5 Å². The van der Waals surface area contributed by atoms with Crippen molar-refractivity contribution < 1.29 is 14.3 Å². The van der Waals surface area contributed by atoms with E-state index in [-0.39, 0.29) is 11.8 Å². The molecule has 1 aromatic rings. The summed E-state index contributed by atoms with van der Waals surface area (Å²) in [5.74, 6) is -0.316. The molecule has 100 valence electrons. The van der Waals surface area contributed by atoms with Gasteiger partial charge in [0.1, 0.15) is 5.76 Å². The summed E-state index contributed by atoms with van der Waals surface area (Å²) in [5.41, 5.74) is 0. The van der Waals surface area contributed by atoms with Gasteiger partial charge < -0.3 is 14.8 Å². The molecule has 0 saturated heterocycles. The number of nitrogens with one attached hydrogen (secondary N) is 1. The Morgan fingerprint density at radius 1 is 1.56 bits per heavy atom. The van der Waals surface area contributed by atoms with E-state index in [2.05, 4.69) is 11.6 Å². The Kier molecular flexibility index (Phi) is 4.35. The smallest absolute Gasteiger partial charge is 0.371 e. The molecule has 5 heteroatoms. The van der Waals surface area contributed by atoms with E-state index >= 15 is 0 Å². The first-order valence-corrected chi connectivity index (χ1v) is 7.50. The van der Waals surface area contributed by atoms with E-state index in [1.54, 1.807) is 6.07 Å². The fraction of sp³-hybridized carbons (Fsp3) is 0.615. The number of carboxylic acids is 1. The molecule has 2 N–H and O–H groups in total. The summed E-state index contributed by atoms with van der Waals surface area (Å²) < 4.78 is 5.30. The maximum absolute atomic E-state index is 10.7. The lowest BCUT2D eigenvalue weighted by atomic mass is 10.2. The Balaban J connectivity index is 1.91. The highest BCUT2D eigenvalue weighted by Gasteiger charge is 2.26. The highest BCUT2D eigenvalue weighted by atomic mass is 32.2. The molecule has 1 heterocycles. The van der Waals surface area contributed by atoms with Crippen molar-refractivity contribution >= 4 is 17.7 Å². The summed E-state index contributed by atoms with van der Waals surface area (Å²) in [5, 5.41) is 13.1. The first-order valence-electron chi connectivity index (χ1n) is 6.22. The molecule has 1 saturated carbocycles. The predicted molar refractivity (Wildman–Crippen MR) is 72.2 cm³/mol. The minimum absolute atomic E-state index is 0.00654. The summed E-state index contributed by atoms with van der Waals surface area (Å²) in [4.78, 5) is 10.7. The fourth-order valence-corrected chi connectivity index (χ4v) is 3.24. The van der Waals surface area contributed by atoms with Crippen LogP contribution in [0.2, 0.25) is 0 Å². The van der Waals surface area contributed by atoms with Gasteiger partial charge in [0.25, 0.3) is 0 Å². The minimum atomic E-state index is -1.02. The SMILES string of the molecule is CSC1CCC(NC(C)c2ccc(C(=O)O)o2)C1. The van der Waals surface area contributed by atoms with E-state index in [4.69, 9.17) is 9.52 Å². The van der Waals surface area contributed by atoms with Crippen LogP contribution in [-0.2, 0) is 0 Å². The van der Waals surface area contributed by atoms with Gasteiger partial charge in [-0.3, -0.25) is 0 Å². The van der Waals surface area contributed by atoms with Crippen molar-refractivity contribution in [3.8, 4) is 0 Å². The van der Waals surface area contributed by atoms with Crippen LogP contribution in [0.25, 0.3) is 0 Å². The lowest BCUT2D eigenvalue weighted by Gasteiger charge is -2.17. The van der Waals surface area contributed by atoms with Gasteiger partial charge in [0.15, 0.2) is 0 Å². The van der Waals surface area contributed by atoms with Crippen molar-refractivity contribution in [1.82, 2.24) is 5.32 Å². The zero-order valence-electron chi connectivity index (χ0n) is 10.7. The van der Waals surface area contributed by atoms with Crippen LogP contribution in [0.3, 0.4) is 0 Å². The molecule has 0 aromatic carbocycles. The summed E-state index contributed by atoms with van der Waals surface area (Å²) in [6.07, 6.45) is 5.77. The number of thioether (sulfide) groups is 1. The van der Waals surface area contributed by atoms with Gasteiger partial charge in [-0.1, -0.05) is 0 Å². The Morgan fingerprint density at radius 3 is 2.89 bits per heavy atom. The van der Waals surface area contributed by atoms with Crippen LogP contribution in [0.5, 0.6) is 0 Å². The average molecular weight is 269 g/mol. The highest BCUT2D eigenvalue weighted by Crippen LogP contribution is 2.30. The molecule has 3 unspecified atom stereocenters. The van der Waals surface area contributed by atoms with Gasteiger partial charge in [-0.2, -0.15) is 11.8 Å². The second kappa shape index (κ2) is 5.80. The normalized spacial score (nSPS) is 25.2. The molecule has 0 amide bonds. The quantitative estimate of drug-likeness (QED) is 0.860. The Labute approximate surface area is 111 Å². The monoisotopic (exact) mass is 269 g/mol. The third-order valence-corrected chi connectivity index (χ3v) is 4.56. The van der Waals surface area contributed by atoms with E-state index in [1.807, 2.05) is 18.7 Å². The van der Waals surface area contributed by atoms with Gasteiger partial charge in [-0.05, 0) is 44.6 Å². The summed E-state index contributed by atoms with van der Waals surface area (Å²) in [6, 6.07) is 3.82. The van der Waals surface area contributed by atoms with E-state index in [0.29, 0.717) is 11.8 Å². The van der Waals surface area contributed by atoms with Crippen molar-refractivity contribution in [2.24, 2.45) is 0 Å². The third-order valence-electron chi connectivity index (χ3n) is 3.47. The number of rotatable bonds is 5. The largest absolute Gasteiger partial charge is 0.475 e. The second-order valence-electron chi connectivity index (χ2n) is 4.76. The molecule has 0 radical (unpaired) electrons. The number of hydrogen-bond donors (Lipinski definition) is 2. The van der Waals surface area contributed by atoms with Crippen LogP contribution in [-0.4, -0.2) is 28.6 Å². The zero-order valence-corrected chi connectivity index (χ0v) is 11.5. The van der Waals surface area contributed by atoms with Crippen LogP contribution in [0.1, 0.15) is 48.5 Å². The third kappa shape index (κ3) is 3.09. The number of aromatic carboxylic acids is 1. The van der Waals surface area contributed by atoms with Crippen LogP contribution < -0.4 is 5.32 Å². The van der Waals surface area contributed by atoms with E-state index in [9.17, 15) is 4.79 Å². The summed E-state index contributed by atoms with van der Waals surface area (Å²) in [7, 11) is 0. The number of carbonyl (C=O) groups is 1. The lowest BCUT2D eigenvalue weighted by molar-refractivity contribution is 0.0659. The zero-order chi connectivity index (χ0) is 13.1. The van der Waals surface area contributed by atoms with E-state index < -0.39 is 5.97 Å². The van der Waals surface area contributed by atoms with E-state index in [1.165, 1.54) is 25.3 Å². The Bertz CT molecular complexity index is 418. The van der Waals surface area contributed by atoms with Crippen LogP contribution in [0.4, 0.5) is 0 Å². The topological polar surface area (TPSA) is 62.5 Å². The number of furan rings is 1. The van der Waals surface area contributed by atoms with Gasteiger partial charge in [-0.25, -0.2) is 4.79 Å². The molecule has 0 bridgehead atoms. The molecular formula is C13H19NO3S. The first kappa shape index (κ1) is 13.5. The Morgan fingerprint density at radius 2 is 2.33 bits per heavy atom. The molecule has 1 fully saturated rings. The molecule has 2 rings (SSSR count). The average Bonchev–Trinajstić information content (AvgIpc) is 2.97. The molecule has 0 spiro atoms. The molecule has 4 nitrogen and oxygen atoms in total. The van der Waals surface area contributed by atoms with Crippen molar-refractivity contribution in [1.29, 1.82) is 0 Å². The van der Waals surface area contributed by atoms with Gasteiger partial charge in [0.05, 0.1) is 6.04 Å². The molecule has 3 atom stereocenters. The Hall–Kier alpha value is -0.940. The summed E-state index contributed by atoms with van der Waals surface area (Å²) >= 11 is 1.93. The molecule has 18 heavy (non-hydrogen) atoms. The molecule has 0 aliphatic heterocycles. The molecule has 1 aliphatic carbocycles. The van der Waals surface area contributed by atoms with Crippen LogP contribution in [0, 0.1) is 0 Å². The predicted octanol–water partition coefficient (Wildman–Crippen LogP) is 2.91. The van der Waals surface area contributed by atoms with Gasteiger partial charge in [0, 0.05) is 11.3 Å². The lowest BCUT2D eigenvalue weighted by Crippen LogP contribution is -2.29. The van der Waals surface area contributed by atoms with Crippen molar-refractivity contribution in [2.45, 2.75) is 43.5 Å². The molecular weight excluding hydrogens is 250 g/mol. The number of carboxylic acid groups (broad SMARTS) is 1. The molecule has 1 aromatic heterocycles. The highest BCUT2D eigenvalue weighted by molar-refractivity contribution is 7.99. The standard InChI is InChI=1S/C13H19NO3S/c1-8(11-5-6-12(17-11)13(15)16)14-9-3-4-10(7-9)18-2/h5-6,8-10,14H,3-4,7H2,1-2H3,(H,15,16). The minimum Gasteiger partial charge on any atom is -0.475 e. The summed E-state index contributed by atoms with van der Waals surface area (Å²) in [6.45, 7) is 2.01. The van der Waals surface area contributed by atoms with Gasteiger partial charge >= 0.3 is 5.97 Å².